The lowest BCUT2D eigenvalue weighted by molar-refractivity contribution is -0.137. The smallest absolute Gasteiger partial charge is 0.416 e. The van der Waals surface area contributed by atoms with Gasteiger partial charge in [0, 0.05) is 55.0 Å². The number of halogens is 3. The molecule has 1 aliphatic heterocycles. The molecule has 0 spiro atoms. The summed E-state index contributed by atoms with van der Waals surface area (Å²) in [6.07, 6.45) is 2.36. The van der Waals surface area contributed by atoms with Gasteiger partial charge in [-0.15, -0.1) is 0 Å². The second-order valence-corrected chi connectivity index (χ2v) is 9.77. The molecular formula is C30H30F3N5O3. The first-order valence-electron chi connectivity index (χ1n) is 13.3. The highest BCUT2D eigenvalue weighted by molar-refractivity contribution is 5.92. The van der Waals surface area contributed by atoms with E-state index in [1.165, 1.54) is 12.1 Å². The fraction of sp³-hybridized carbons (Fsp3) is 0.300. The van der Waals surface area contributed by atoms with Crippen molar-refractivity contribution in [2.45, 2.75) is 19.5 Å². The molecule has 1 fully saturated rings. The van der Waals surface area contributed by atoms with Crippen LogP contribution in [0.4, 0.5) is 18.9 Å². The molecule has 5 rings (SSSR count). The van der Waals surface area contributed by atoms with Gasteiger partial charge in [0.1, 0.15) is 12.4 Å². The van der Waals surface area contributed by atoms with Gasteiger partial charge in [-0.1, -0.05) is 24.3 Å². The number of amides is 1. The van der Waals surface area contributed by atoms with E-state index in [0.717, 1.165) is 67.4 Å². The minimum atomic E-state index is -4.47. The summed E-state index contributed by atoms with van der Waals surface area (Å²) >= 11 is 0. The minimum absolute atomic E-state index is 0.186. The minimum Gasteiger partial charge on any atom is -0.491 e. The van der Waals surface area contributed by atoms with Crippen LogP contribution in [0, 0.1) is 6.92 Å². The number of aromatic nitrogens is 3. The standard InChI is InChI=1S/C30H30F3N5O3/c1-21-5-6-25(36-29(39)16-22-3-2-4-24(15-22)30(31,32)33)17-27(21)38-20-23(18-35-38)26-19-34-8-7-28(26)41-14-11-37-9-12-40-13-10-37/h2-8,15,17-20H,9-14,16H2,1H3,(H,36,39). The van der Waals surface area contributed by atoms with Crippen molar-refractivity contribution in [1.29, 1.82) is 0 Å². The third kappa shape index (κ3) is 7.30. The predicted octanol–water partition coefficient (Wildman–Crippen LogP) is 5.15. The van der Waals surface area contributed by atoms with Crippen LogP contribution in [0.25, 0.3) is 16.8 Å². The summed E-state index contributed by atoms with van der Waals surface area (Å²) in [7, 11) is 0. The van der Waals surface area contributed by atoms with Crippen molar-refractivity contribution in [3.63, 3.8) is 0 Å². The third-order valence-electron chi connectivity index (χ3n) is 6.80. The van der Waals surface area contributed by atoms with Gasteiger partial charge in [0.2, 0.25) is 5.91 Å². The fourth-order valence-corrected chi connectivity index (χ4v) is 4.61. The molecule has 41 heavy (non-hydrogen) atoms. The van der Waals surface area contributed by atoms with E-state index >= 15 is 0 Å². The molecule has 2 aromatic heterocycles. The van der Waals surface area contributed by atoms with E-state index < -0.39 is 17.6 Å². The van der Waals surface area contributed by atoms with Crippen LogP contribution in [0.2, 0.25) is 0 Å². The first kappa shape index (κ1) is 28.3. The number of nitrogens with one attached hydrogen (secondary N) is 1. The van der Waals surface area contributed by atoms with Gasteiger partial charge < -0.3 is 14.8 Å². The number of nitrogens with zero attached hydrogens (tertiary/aromatic N) is 4. The van der Waals surface area contributed by atoms with E-state index in [1.807, 2.05) is 25.3 Å². The number of benzene rings is 2. The summed E-state index contributed by atoms with van der Waals surface area (Å²) in [5.74, 6) is 0.287. The molecule has 1 saturated heterocycles. The number of carbonyl (C=O) groups excluding carboxylic acids is 1. The third-order valence-corrected chi connectivity index (χ3v) is 6.80. The van der Waals surface area contributed by atoms with E-state index in [1.54, 1.807) is 35.4 Å². The Kier molecular flexibility index (Phi) is 8.65. The van der Waals surface area contributed by atoms with E-state index in [-0.39, 0.29) is 12.0 Å². The Bertz CT molecular complexity index is 1500. The average Bonchev–Trinajstić information content (AvgIpc) is 3.44. The first-order chi connectivity index (χ1) is 19.8. The Hall–Kier alpha value is -4.22. The Balaban J connectivity index is 1.27. The van der Waals surface area contributed by atoms with Crippen LogP contribution in [0.15, 0.2) is 73.3 Å². The van der Waals surface area contributed by atoms with Crippen molar-refractivity contribution in [2.24, 2.45) is 0 Å². The van der Waals surface area contributed by atoms with Crippen LogP contribution in [0.1, 0.15) is 16.7 Å². The highest BCUT2D eigenvalue weighted by Gasteiger charge is 2.30. The number of anilines is 1. The zero-order valence-corrected chi connectivity index (χ0v) is 22.5. The van der Waals surface area contributed by atoms with Gasteiger partial charge in [-0.3, -0.25) is 14.7 Å². The van der Waals surface area contributed by atoms with Crippen LogP contribution in [0.3, 0.4) is 0 Å². The van der Waals surface area contributed by atoms with Gasteiger partial charge in [-0.2, -0.15) is 18.3 Å². The van der Waals surface area contributed by atoms with Crippen LogP contribution < -0.4 is 10.1 Å². The quantitative estimate of drug-likeness (QED) is 0.302. The number of hydrogen-bond acceptors (Lipinski definition) is 6. The lowest BCUT2D eigenvalue weighted by atomic mass is 10.1. The summed E-state index contributed by atoms with van der Waals surface area (Å²) < 4.78 is 52.3. The molecule has 2 aromatic carbocycles. The Morgan fingerprint density at radius 3 is 2.73 bits per heavy atom. The van der Waals surface area contributed by atoms with E-state index in [4.69, 9.17) is 9.47 Å². The monoisotopic (exact) mass is 565 g/mol. The first-order valence-corrected chi connectivity index (χ1v) is 13.3. The predicted molar refractivity (Wildman–Crippen MR) is 148 cm³/mol. The van der Waals surface area contributed by atoms with E-state index in [9.17, 15) is 18.0 Å². The number of carbonyl (C=O) groups is 1. The van der Waals surface area contributed by atoms with Crippen molar-refractivity contribution < 1.29 is 27.4 Å². The molecule has 3 heterocycles. The molecule has 214 valence electrons. The van der Waals surface area contributed by atoms with Crippen LogP contribution >= 0.6 is 0 Å². The van der Waals surface area contributed by atoms with E-state index in [2.05, 4.69) is 20.3 Å². The molecule has 1 N–H and O–H groups in total. The number of alkyl halides is 3. The fourth-order valence-electron chi connectivity index (χ4n) is 4.61. The molecule has 1 aliphatic rings. The number of ether oxygens (including phenoxy) is 2. The molecular weight excluding hydrogens is 535 g/mol. The van der Waals surface area contributed by atoms with Gasteiger partial charge in [-0.05, 0) is 42.3 Å². The summed E-state index contributed by atoms with van der Waals surface area (Å²) in [6.45, 7) is 6.52. The molecule has 0 radical (unpaired) electrons. The van der Waals surface area contributed by atoms with Crippen molar-refractivity contribution in [2.75, 3.05) is 44.8 Å². The Morgan fingerprint density at radius 1 is 1.10 bits per heavy atom. The topological polar surface area (TPSA) is 81.5 Å². The van der Waals surface area contributed by atoms with Gasteiger partial charge in [-0.25, -0.2) is 4.68 Å². The number of pyridine rings is 1. The summed E-state index contributed by atoms with van der Waals surface area (Å²) in [4.78, 5) is 19.2. The van der Waals surface area contributed by atoms with Gasteiger partial charge in [0.15, 0.2) is 0 Å². The van der Waals surface area contributed by atoms with Gasteiger partial charge in [0.25, 0.3) is 0 Å². The number of aryl methyl sites for hydroxylation is 1. The largest absolute Gasteiger partial charge is 0.491 e. The lowest BCUT2D eigenvalue weighted by Gasteiger charge is -2.26. The van der Waals surface area contributed by atoms with Crippen molar-refractivity contribution >= 4 is 11.6 Å². The Morgan fingerprint density at radius 2 is 1.93 bits per heavy atom. The summed E-state index contributed by atoms with van der Waals surface area (Å²) in [6, 6.07) is 12.0. The molecule has 0 unspecified atom stereocenters. The van der Waals surface area contributed by atoms with Crippen molar-refractivity contribution in [3.8, 4) is 22.6 Å². The maximum Gasteiger partial charge on any atom is 0.416 e. The number of morpholine rings is 1. The lowest BCUT2D eigenvalue weighted by Crippen LogP contribution is -2.38. The molecule has 0 bridgehead atoms. The van der Waals surface area contributed by atoms with Crippen molar-refractivity contribution in [3.05, 3.63) is 90.0 Å². The van der Waals surface area contributed by atoms with E-state index in [0.29, 0.717) is 18.0 Å². The highest BCUT2D eigenvalue weighted by atomic mass is 19.4. The van der Waals surface area contributed by atoms with Crippen LogP contribution in [0.5, 0.6) is 5.75 Å². The maximum atomic E-state index is 13.0. The zero-order chi connectivity index (χ0) is 28.8. The normalized spacial score (nSPS) is 14.1. The zero-order valence-electron chi connectivity index (χ0n) is 22.5. The highest BCUT2D eigenvalue weighted by Crippen LogP contribution is 2.31. The number of rotatable bonds is 9. The SMILES string of the molecule is Cc1ccc(NC(=O)Cc2cccc(C(F)(F)F)c2)cc1-n1cc(-c2cnccc2OCCN2CCOCC2)cn1. The van der Waals surface area contributed by atoms with Crippen LogP contribution in [-0.2, 0) is 22.1 Å². The summed E-state index contributed by atoms with van der Waals surface area (Å²) in [5.41, 5.74) is 3.29. The average molecular weight is 566 g/mol. The Labute approximate surface area is 235 Å². The van der Waals surface area contributed by atoms with Crippen molar-refractivity contribution in [1.82, 2.24) is 19.7 Å². The molecule has 0 saturated carbocycles. The molecule has 4 aromatic rings. The maximum absolute atomic E-state index is 13.0. The number of hydrogen-bond donors (Lipinski definition) is 1. The van der Waals surface area contributed by atoms with Gasteiger partial charge in [0.05, 0.1) is 37.1 Å². The second kappa shape index (κ2) is 12.5. The van der Waals surface area contributed by atoms with Gasteiger partial charge >= 0.3 is 6.18 Å². The molecule has 0 aliphatic carbocycles. The second-order valence-electron chi connectivity index (χ2n) is 9.77. The molecule has 8 nitrogen and oxygen atoms in total. The molecule has 1 amide bonds. The van der Waals surface area contributed by atoms with Crippen LogP contribution in [-0.4, -0.2) is 65.0 Å². The summed E-state index contributed by atoms with van der Waals surface area (Å²) in [5, 5.41) is 7.31. The molecule has 11 heteroatoms. The molecule has 0 atom stereocenters.